The molecule has 1 N–H and O–H groups in total. The fourth-order valence-corrected chi connectivity index (χ4v) is 2.22. The van der Waals surface area contributed by atoms with Crippen LogP contribution in [0.1, 0.15) is 77.7 Å². The average molecular weight is 293 g/mol. The van der Waals surface area contributed by atoms with Crippen LogP contribution in [-0.4, -0.2) is 21.9 Å². The highest BCUT2D eigenvalue weighted by Crippen LogP contribution is 2.34. The van der Waals surface area contributed by atoms with E-state index in [-0.39, 0.29) is 11.9 Å². The molecule has 120 valence electrons. The van der Waals surface area contributed by atoms with E-state index < -0.39 is 0 Å². The van der Waals surface area contributed by atoms with Gasteiger partial charge in [-0.25, -0.2) is 4.98 Å². The molecule has 1 aromatic heterocycles. The highest BCUT2D eigenvalue weighted by Gasteiger charge is 2.27. The van der Waals surface area contributed by atoms with Gasteiger partial charge in [0.15, 0.2) is 0 Å². The molecule has 0 aliphatic heterocycles. The van der Waals surface area contributed by atoms with E-state index in [1.54, 1.807) is 12.4 Å². The number of nitrogens with one attached hydrogen (secondary N) is 1. The van der Waals surface area contributed by atoms with Gasteiger partial charge in [0.1, 0.15) is 5.69 Å². The van der Waals surface area contributed by atoms with Gasteiger partial charge in [-0.3, -0.25) is 9.78 Å². The molecule has 1 aliphatic rings. The molecule has 1 amide bonds. The normalized spacial score (nSPS) is 16.7. The van der Waals surface area contributed by atoms with Gasteiger partial charge in [0.05, 0.1) is 6.20 Å². The lowest BCUT2D eigenvalue weighted by Crippen LogP contribution is -2.39. The predicted octanol–water partition coefficient (Wildman–Crippen LogP) is 4.23. The van der Waals surface area contributed by atoms with Gasteiger partial charge >= 0.3 is 0 Å². The Labute approximate surface area is 129 Å². The van der Waals surface area contributed by atoms with Gasteiger partial charge < -0.3 is 5.32 Å². The second kappa shape index (κ2) is 10.3. The summed E-state index contributed by atoms with van der Waals surface area (Å²) in [4.78, 5) is 19.8. The summed E-state index contributed by atoms with van der Waals surface area (Å²) in [7, 11) is 0. The second-order valence-corrected chi connectivity index (χ2v) is 5.50. The van der Waals surface area contributed by atoms with Crippen LogP contribution in [0, 0.1) is 5.41 Å². The highest BCUT2D eigenvalue weighted by molar-refractivity contribution is 5.92. The number of hydrogen-bond donors (Lipinski definition) is 1. The third-order valence-corrected chi connectivity index (χ3v) is 3.47. The Morgan fingerprint density at radius 3 is 2.19 bits per heavy atom. The maximum absolute atomic E-state index is 11.9. The van der Waals surface area contributed by atoms with Gasteiger partial charge in [-0.15, -0.1) is 0 Å². The third kappa shape index (κ3) is 7.21. The Morgan fingerprint density at radius 1 is 1.14 bits per heavy atom. The molecule has 21 heavy (non-hydrogen) atoms. The molecule has 1 fully saturated rings. The lowest BCUT2D eigenvalue weighted by atomic mass is 9.75. The quantitative estimate of drug-likeness (QED) is 0.888. The van der Waals surface area contributed by atoms with Crippen LogP contribution in [0.3, 0.4) is 0 Å². The summed E-state index contributed by atoms with van der Waals surface area (Å²) in [6.45, 7) is 12.6. The molecule has 0 atom stereocenters. The Kier molecular flexibility index (Phi) is 9.59. The summed E-state index contributed by atoms with van der Waals surface area (Å²) in [5.41, 5.74) is 0.825. The van der Waals surface area contributed by atoms with Crippen molar-refractivity contribution in [2.24, 2.45) is 5.41 Å². The maximum atomic E-state index is 11.9. The van der Waals surface area contributed by atoms with E-state index in [1.807, 2.05) is 27.7 Å². The molecule has 1 aliphatic carbocycles. The third-order valence-electron chi connectivity index (χ3n) is 3.47. The molecule has 4 heteroatoms. The molecule has 0 aromatic carbocycles. The first-order valence-corrected chi connectivity index (χ1v) is 8.14. The molecule has 2 rings (SSSR count). The highest BCUT2D eigenvalue weighted by atomic mass is 16.1. The number of aromatic nitrogens is 2. The first-order valence-electron chi connectivity index (χ1n) is 8.14. The fourth-order valence-electron chi connectivity index (χ4n) is 2.22. The van der Waals surface area contributed by atoms with E-state index in [1.165, 1.54) is 19.0 Å². The van der Waals surface area contributed by atoms with Crippen molar-refractivity contribution >= 4 is 5.91 Å². The summed E-state index contributed by atoms with van der Waals surface area (Å²) < 4.78 is 0. The van der Waals surface area contributed by atoms with Gasteiger partial charge in [-0.1, -0.05) is 41.5 Å². The lowest BCUT2D eigenvalue weighted by Gasteiger charge is -2.34. The minimum Gasteiger partial charge on any atom is -0.348 e. The first kappa shape index (κ1) is 19.6. The van der Waals surface area contributed by atoms with Crippen molar-refractivity contribution < 1.29 is 4.79 Å². The maximum Gasteiger partial charge on any atom is 0.271 e. The summed E-state index contributed by atoms with van der Waals surface area (Å²) in [6.07, 6.45) is 9.05. The van der Waals surface area contributed by atoms with E-state index in [9.17, 15) is 4.79 Å². The Morgan fingerprint density at radius 2 is 1.71 bits per heavy atom. The number of nitrogens with zero attached hydrogens (tertiary/aromatic N) is 2. The molecular weight excluding hydrogens is 262 g/mol. The minimum absolute atomic E-state index is 0.109. The van der Waals surface area contributed by atoms with E-state index in [2.05, 4.69) is 29.1 Å². The summed E-state index contributed by atoms with van der Waals surface area (Å²) in [5, 5.41) is 3.03. The zero-order chi connectivity index (χ0) is 16.3. The topological polar surface area (TPSA) is 54.9 Å². The van der Waals surface area contributed by atoms with E-state index in [4.69, 9.17) is 0 Å². The smallest absolute Gasteiger partial charge is 0.271 e. The summed E-state index contributed by atoms with van der Waals surface area (Å²) in [6, 6.07) is 0.289. The van der Waals surface area contributed by atoms with Gasteiger partial charge in [-0.2, -0.15) is 0 Å². The summed E-state index contributed by atoms with van der Waals surface area (Å²) >= 11 is 0. The number of carbonyl (C=O) groups is 1. The lowest BCUT2D eigenvalue weighted by molar-refractivity contribution is 0.0903. The largest absolute Gasteiger partial charge is 0.348 e. The van der Waals surface area contributed by atoms with Crippen LogP contribution in [0.25, 0.3) is 0 Å². The number of carbonyl (C=O) groups excluding carboxylic acids is 1. The van der Waals surface area contributed by atoms with E-state index >= 15 is 0 Å². The Bertz CT molecular complexity index is 380. The molecule has 0 unspecified atom stereocenters. The van der Waals surface area contributed by atoms with Crippen LogP contribution in [0.5, 0.6) is 0 Å². The van der Waals surface area contributed by atoms with Gasteiger partial charge in [-0.05, 0) is 31.1 Å². The SMILES string of the molecule is CC.CC.CC1(C)CCC(NC(=O)c2cnccn2)CC1. The summed E-state index contributed by atoms with van der Waals surface area (Å²) in [5.74, 6) is -0.109. The van der Waals surface area contributed by atoms with Crippen molar-refractivity contribution in [2.45, 2.75) is 73.3 Å². The number of hydrogen-bond acceptors (Lipinski definition) is 3. The van der Waals surface area contributed by atoms with E-state index in [0.717, 1.165) is 12.8 Å². The second-order valence-electron chi connectivity index (χ2n) is 5.50. The van der Waals surface area contributed by atoms with Crippen molar-refractivity contribution in [3.8, 4) is 0 Å². The van der Waals surface area contributed by atoms with Gasteiger partial charge in [0.2, 0.25) is 0 Å². The van der Waals surface area contributed by atoms with Crippen molar-refractivity contribution in [1.29, 1.82) is 0 Å². The van der Waals surface area contributed by atoms with Crippen LogP contribution >= 0.6 is 0 Å². The van der Waals surface area contributed by atoms with Crippen molar-refractivity contribution in [1.82, 2.24) is 15.3 Å². The molecule has 4 nitrogen and oxygen atoms in total. The van der Waals surface area contributed by atoms with E-state index in [0.29, 0.717) is 11.1 Å². The first-order chi connectivity index (χ1) is 10.1. The zero-order valence-electron chi connectivity index (χ0n) is 14.4. The molecular formula is C17H31N3O. The Hall–Kier alpha value is -1.45. The number of amides is 1. The van der Waals surface area contributed by atoms with Crippen molar-refractivity contribution in [2.75, 3.05) is 0 Å². The van der Waals surface area contributed by atoms with Crippen molar-refractivity contribution in [3.63, 3.8) is 0 Å². The van der Waals surface area contributed by atoms with Gasteiger partial charge in [0, 0.05) is 18.4 Å². The fraction of sp³-hybridized carbons (Fsp3) is 0.706. The van der Waals surface area contributed by atoms with Gasteiger partial charge in [0.25, 0.3) is 5.91 Å². The van der Waals surface area contributed by atoms with Crippen LogP contribution in [-0.2, 0) is 0 Å². The minimum atomic E-state index is -0.109. The molecule has 0 radical (unpaired) electrons. The van der Waals surface area contributed by atoms with Crippen molar-refractivity contribution in [3.05, 3.63) is 24.3 Å². The van der Waals surface area contributed by atoms with Crippen LogP contribution in [0.2, 0.25) is 0 Å². The van der Waals surface area contributed by atoms with Crippen LogP contribution in [0.4, 0.5) is 0 Å². The molecule has 0 saturated heterocycles. The average Bonchev–Trinajstić information content (AvgIpc) is 2.54. The number of rotatable bonds is 2. The molecule has 1 aromatic rings. The van der Waals surface area contributed by atoms with Crippen LogP contribution in [0.15, 0.2) is 18.6 Å². The molecule has 1 heterocycles. The molecule has 0 spiro atoms. The molecule has 1 saturated carbocycles. The zero-order valence-corrected chi connectivity index (χ0v) is 14.4. The standard InChI is InChI=1S/C13H19N3O.2C2H6/c1-13(2)5-3-10(4-6-13)16-12(17)11-9-14-7-8-15-11;2*1-2/h7-10H,3-6H2,1-2H3,(H,16,17);2*1-2H3. The Balaban J connectivity index is 0.000000921. The van der Waals surface area contributed by atoms with Crippen LogP contribution < -0.4 is 5.32 Å². The molecule has 0 bridgehead atoms. The predicted molar refractivity (Wildman–Crippen MR) is 88.2 cm³/mol. The monoisotopic (exact) mass is 293 g/mol.